The number of Topliss-reactive ketones (excluding diaryl/α,β-unsaturated/α-hetero) is 1. The van der Waals surface area contributed by atoms with Crippen molar-refractivity contribution in [1.82, 2.24) is 4.90 Å². The molecule has 0 aliphatic heterocycles. The lowest BCUT2D eigenvalue weighted by molar-refractivity contribution is -0.125. The molecule has 0 fully saturated rings. The Labute approximate surface area is 146 Å². The first-order valence-corrected chi connectivity index (χ1v) is 8.77. The van der Waals surface area contributed by atoms with Crippen LogP contribution in [0.1, 0.15) is 38.3 Å². The molecule has 2 aromatic carbocycles. The summed E-state index contributed by atoms with van der Waals surface area (Å²) < 4.78 is 0. The molecule has 0 saturated heterocycles. The van der Waals surface area contributed by atoms with Crippen LogP contribution in [0.2, 0.25) is 0 Å². The van der Waals surface area contributed by atoms with Gasteiger partial charge in [0.25, 0.3) is 0 Å². The smallest absolute Gasteiger partial charge is 0.147 e. The number of carbonyl (C=O) groups excluding carboxylic acids is 1. The Kier molecular flexibility index (Phi) is 5.95. The molecule has 0 aromatic heterocycles. The molecule has 2 atom stereocenters. The number of hydrogen-bond donors (Lipinski definition) is 0. The van der Waals surface area contributed by atoms with E-state index in [4.69, 9.17) is 0 Å². The molecule has 0 amide bonds. The minimum atomic E-state index is -0.624. The van der Waals surface area contributed by atoms with Crippen LogP contribution in [0.3, 0.4) is 0 Å². The first-order chi connectivity index (χ1) is 11.5. The summed E-state index contributed by atoms with van der Waals surface area (Å²) in [6.45, 7) is 6.38. The van der Waals surface area contributed by atoms with Crippen molar-refractivity contribution in [2.45, 2.75) is 38.6 Å². The largest absolute Gasteiger partial charge is 0.306 e. The van der Waals surface area contributed by atoms with E-state index in [-0.39, 0.29) is 17.7 Å². The van der Waals surface area contributed by atoms with Gasteiger partial charge in [-0.25, -0.2) is 0 Å². The fourth-order valence-electron chi connectivity index (χ4n) is 3.76. The maximum atomic E-state index is 13.4. The van der Waals surface area contributed by atoms with Crippen LogP contribution < -0.4 is 0 Å². The highest BCUT2D eigenvalue weighted by atomic mass is 16.1. The van der Waals surface area contributed by atoms with Crippen LogP contribution in [0.5, 0.6) is 0 Å². The third-order valence-electron chi connectivity index (χ3n) is 5.44. The molecule has 0 bridgehead atoms. The summed E-state index contributed by atoms with van der Waals surface area (Å²) >= 11 is 0. The topological polar surface area (TPSA) is 20.3 Å². The third kappa shape index (κ3) is 3.16. The van der Waals surface area contributed by atoms with Crippen LogP contribution in [-0.4, -0.2) is 30.8 Å². The van der Waals surface area contributed by atoms with E-state index >= 15 is 0 Å². The predicted molar refractivity (Wildman–Crippen MR) is 101 cm³/mol. The Bertz CT molecular complexity index is 609. The van der Waals surface area contributed by atoms with Crippen molar-refractivity contribution < 1.29 is 4.79 Å². The third-order valence-corrected chi connectivity index (χ3v) is 5.44. The van der Waals surface area contributed by atoms with E-state index in [9.17, 15) is 4.79 Å². The number of hydrogen-bond acceptors (Lipinski definition) is 2. The van der Waals surface area contributed by atoms with E-state index in [1.165, 1.54) is 0 Å². The van der Waals surface area contributed by atoms with E-state index in [0.717, 1.165) is 11.1 Å². The van der Waals surface area contributed by atoms with E-state index in [1.54, 1.807) is 0 Å². The lowest BCUT2D eigenvalue weighted by Crippen LogP contribution is -2.50. The van der Waals surface area contributed by atoms with E-state index in [2.05, 4.69) is 57.1 Å². The summed E-state index contributed by atoms with van der Waals surface area (Å²) in [5.41, 5.74) is 1.55. The Balaban J connectivity index is 2.77. The minimum Gasteiger partial charge on any atom is -0.306 e. The van der Waals surface area contributed by atoms with Gasteiger partial charge in [0.1, 0.15) is 5.78 Å². The minimum absolute atomic E-state index is 0.143. The van der Waals surface area contributed by atoms with Crippen molar-refractivity contribution >= 4 is 5.78 Å². The molecule has 2 aromatic rings. The summed E-state index contributed by atoms with van der Waals surface area (Å²) in [5.74, 6) is 0.422. The Morgan fingerprint density at radius 3 is 1.67 bits per heavy atom. The zero-order chi connectivity index (χ0) is 17.7. The van der Waals surface area contributed by atoms with Crippen LogP contribution in [0, 0.1) is 5.92 Å². The number of ketones is 1. The van der Waals surface area contributed by atoms with Crippen LogP contribution in [0.15, 0.2) is 60.7 Å². The average molecular weight is 323 g/mol. The highest BCUT2D eigenvalue weighted by Crippen LogP contribution is 2.43. The first-order valence-electron chi connectivity index (χ1n) is 8.77. The molecule has 2 heteroatoms. The van der Waals surface area contributed by atoms with Gasteiger partial charge in [-0.3, -0.25) is 4.79 Å². The monoisotopic (exact) mass is 323 g/mol. The second-order valence-electron chi connectivity index (χ2n) is 6.81. The Morgan fingerprint density at radius 1 is 0.917 bits per heavy atom. The van der Waals surface area contributed by atoms with Gasteiger partial charge in [-0.15, -0.1) is 0 Å². The van der Waals surface area contributed by atoms with Crippen LogP contribution in [0.4, 0.5) is 0 Å². The van der Waals surface area contributed by atoms with Crippen molar-refractivity contribution in [2.75, 3.05) is 14.1 Å². The fourth-order valence-corrected chi connectivity index (χ4v) is 3.76. The van der Waals surface area contributed by atoms with Gasteiger partial charge >= 0.3 is 0 Å². The zero-order valence-electron chi connectivity index (χ0n) is 15.5. The molecule has 128 valence electrons. The van der Waals surface area contributed by atoms with E-state index < -0.39 is 5.41 Å². The summed E-state index contributed by atoms with van der Waals surface area (Å²) in [4.78, 5) is 15.6. The van der Waals surface area contributed by atoms with Gasteiger partial charge in [-0.05, 0) is 38.1 Å². The summed E-state index contributed by atoms with van der Waals surface area (Å²) in [7, 11) is 4.16. The molecule has 24 heavy (non-hydrogen) atoms. The molecule has 0 radical (unpaired) electrons. The van der Waals surface area contributed by atoms with Crippen LogP contribution in [-0.2, 0) is 10.2 Å². The lowest BCUT2D eigenvalue weighted by atomic mass is 9.61. The molecule has 2 nitrogen and oxygen atoms in total. The number of benzene rings is 2. The standard InChI is InChI=1S/C22H29NO/c1-6-21(24)22(17(2)18(3)23(4)5,19-13-9-7-10-14-19)20-15-11-8-12-16-20/h7-18H,6H2,1-5H3/t17-,18+/m1/s1. The zero-order valence-corrected chi connectivity index (χ0v) is 15.5. The van der Waals surface area contributed by atoms with Crippen molar-refractivity contribution in [2.24, 2.45) is 5.92 Å². The van der Waals surface area contributed by atoms with Gasteiger partial charge in [-0.2, -0.15) is 0 Å². The quantitative estimate of drug-likeness (QED) is 0.745. The molecule has 0 spiro atoms. The van der Waals surface area contributed by atoms with Crippen LogP contribution in [0.25, 0.3) is 0 Å². The van der Waals surface area contributed by atoms with Crippen molar-refractivity contribution in [3.05, 3.63) is 71.8 Å². The second-order valence-corrected chi connectivity index (χ2v) is 6.81. The van der Waals surface area contributed by atoms with Crippen molar-refractivity contribution in [1.29, 1.82) is 0 Å². The van der Waals surface area contributed by atoms with Crippen molar-refractivity contribution in [3.8, 4) is 0 Å². The number of nitrogens with zero attached hydrogens (tertiary/aromatic N) is 1. The lowest BCUT2D eigenvalue weighted by Gasteiger charge is -2.43. The molecule has 0 aliphatic carbocycles. The van der Waals surface area contributed by atoms with Crippen LogP contribution >= 0.6 is 0 Å². The summed E-state index contributed by atoms with van der Waals surface area (Å²) in [6, 6.07) is 20.8. The van der Waals surface area contributed by atoms with E-state index in [1.807, 2.05) is 43.3 Å². The molecule has 2 rings (SSSR count). The number of carbonyl (C=O) groups is 1. The van der Waals surface area contributed by atoms with Gasteiger partial charge in [0, 0.05) is 12.5 Å². The van der Waals surface area contributed by atoms with Gasteiger partial charge in [-0.1, -0.05) is 74.5 Å². The molecule has 0 aliphatic rings. The average Bonchev–Trinajstić information content (AvgIpc) is 2.63. The van der Waals surface area contributed by atoms with Gasteiger partial charge in [0.2, 0.25) is 0 Å². The molecular formula is C22H29NO. The van der Waals surface area contributed by atoms with Gasteiger partial charge in [0.15, 0.2) is 0 Å². The summed E-state index contributed by atoms with van der Waals surface area (Å²) in [6.07, 6.45) is 0.522. The van der Waals surface area contributed by atoms with Gasteiger partial charge < -0.3 is 4.90 Å². The maximum absolute atomic E-state index is 13.4. The predicted octanol–water partition coefficient (Wildman–Crippen LogP) is 4.54. The molecule has 0 N–H and O–H groups in total. The SMILES string of the molecule is CCC(=O)C(c1ccccc1)(c1ccccc1)[C@H](C)[C@H](C)N(C)C. The molecule has 0 saturated carbocycles. The molecule has 0 unspecified atom stereocenters. The second kappa shape index (κ2) is 7.76. The highest BCUT2D eigenvalue weighted by molar-refractivity contribution is 5.94. The fraction of sp³-hybridized carbons (Fsp3) is 0.409. The van der Waals surface area contributed by atoms with E-state index in [0.29, 0.717) is 6.42 Å². The molecule has 0 heterocycles. The highest BCUT2D eigenvalue weighted by Gasteiger charge is 2.47. The number of rotatable bonds is 7. The first kappa shape index (κ1) is 18.4. The molecular weight excluding hydrogens is 294 g/mol. The van der Waals surface area contributed by atoms with Gasteiger partial charge in [0.05, 0.1) is 5.41 Å². The Hall–Kier alpha value is -1.93. The maximum Gasteiger partial charge on any atom is 0.147 e. The normalized spacial score (nSPS) is 14.4. The van der Waals surface area contributed by atoms with Crippen molar-refractivity contribution in [3.63, 3.8) is 0 Å². The summed E-state index contributed by atoms with van der Waals surface area (Å²) in [5, 5.41) is 0. The Morgan fingerprint density at radius 2 is 1.33 bits per heavy atom.